The van der Waals surface area contributed by atoms with Crippen LogP contribution in [0.25, 0.3) is 10.9 Å². The summed E-state index contributed by atoms with van der Waals surface area (Å²) in [4.78, 5) is 16.2. The van der Waals surface area contributed by atoms with Crippen molar-refractivity contribution < 1.29 is 0 Å². The van der Waals surface area contributed by atoms with E-state index in [1.807, 2.05) is 55.6 Å². The standard InChI is InChI=1S/C25H31N7S/c1-32(2)23-21-6-4-5-7-22(21)30-25(31-23)29-19-11-8-17(9-12-19)15-27-16-20-13-10-18(14-26)24(28-20)33-3/h4-7,10,13,17,19,27H,8-9,11-12,15-16H2,1-3H3,(H,29,30,31)/t17-,19+. The van der Waals surface area contributed by atoms with Gasteiger partial charge in [0.15, 0.2) is 0 Å². The minimum Gasteiger partial charge on any atom is -0.362 e. The highest BCUT2D eigenvalue weighted by Gasteiger charge is 2.22. The Morgan fingerprint density at radius 2 is 1.85 bits per heavy atom. The Labute approximate surface area is 200 Å². The topological polar surface area (TPSA) is 89.8 Å². The predicted octanol–water partition coefficient (Wildman–Crippen LogP) is 4.44. The van der Waals surface area contributed by atoms with Crippen LogP contribution in [-0.2, 0) is 6.54 Å². The molecule has 0 saturated heterocycles. The number of rotatable bonds is 8. The number of fused-ring (bicyclic) bond motifs is 1. The molecule has 2 N–H and O–H groups in total. The van der Waals surface area contributed by atoms with Crippen molar-refractivity contribution in [1.29, 1.82) is 5.26 Å². The lowest BCUT2D eigenvalue weighted by molar-refractivity contribution is 0.323. The molecule has 1 aliphatic carbocycles. The van der Waals surface area contributed by atoms with Gasteiger partial charge in [0, 0.05) is 32.1 Å². The maximum atomic E-state index is 9.15. The molecule has 0 atom stereocenters. The van der Waals surface area contributed by atoms with Crippen molar-refractivity contribution in [1.82, 2.24) is 20.3 Å². The maximum absolute atomic E-state index is 9.15. The van der Waals surface area contributed by atoms with Crippen LogP contribution in [0.15, 0.2) is 41.4 Å². The zero-order chi connectivity index (χ0) is 23.2. The molecule has 4 rings (SSSR count). The van der Waals surface area contributed by atoms with Crippen LogP contribution in [0.2, 0.25) is 0 Å². The van der Waals surface area contributed by atoms with Gasteiger partial charge < -0.3 is 15.5 Å². The van der Waals surface area contributed by atoms with Gasteiger partial charge in [0.2, 0.25) is 5.95 Å². The fraction of sp³-hybridized carbons (Fsp3) is 0.440. The lowest BCUT2D eigenvalue weighted by atomic mass is 9.86. The number of aromatic nitrogens is 3. The second-order valence-electron chi connectivity index (χ2n) is 8.75. The first-order valence-corrected chi connectivity index (χ1v) is 12.6. The number of thioether (sulfide) groups is 1. The maximum Gasteiger partial charge on any atom is 0.225 e. The zero-order valence-corrected chi connectivity index (χ0v) is 20.3. The monoisotopic (exact) mass is 461 g/mol. The first-order valence-electron chi connectivity index (χ1n) is 11.4. The molecule has 2 aromatic heterocycles. The number of nitrogens with one attached hydrogen (secondary N) is 2. The van der Waals surface area contributed by atoms with Gasteiger partial charge in [-0.1, -0.05) is 12.1 Å². The largest absolute Gasteiger partial charge is 0.362 e. The van der Waals surface area contributed by atoms with Gasteiger partial charge in [-0.15, -0.1) is 11.8 Å². The first-order chi connectivity index (χ1) is 16.1. The van der Waals surface area contributed by atoms with Gasteiger partial charge in [-0.3, -0.25) is 0 Å². The third-order valence-corrected chi connectivity index (χ3v) is 6.86. The van der Waals surface area contributed by atoms with Crippen molar-refractivity contribution in [3.63, 3.8) is 0 Å². The van der Waals surface area contributed by atoms with Crippen molar-refractivity contribution in [3.8, 4) is 6.07 Å². The lowest BCUT2D eigenvalue weighted by Gasteiger charge is -2.29. The van der Waals surface area contributed by atoms with E-state index < -0.39 is 0 Å². The molecule has 1 aromatic carbocycles. The molecule has 0 aliphatic heterocycles. The minimum absolute atomic E-state index is 0.404. The molecule has 1 saturated carbocycles. The number of para-hydroxylation sites is 1. The van der Waals surface area contributed by atoms with Crippen molar-refractivity contribution in [2.24, 2.45) is 5.92 Å². The van der Waals surface area contributed by atoms with Crippen LogP contribution in [0.1, 0.15) is 36.9 Å². The fourth-order valence-corrected chi connectivity index (χ4v) is 4.92. The summed E-state index contributed by atoms with van der Waals surface area (Å²) in [7, 11) is 4.04. The molecule has 0 bridgehead atoms. The van der Waals surface area contributed by atoms with Gasteiger partial charge >= 0.3 is 0 Å². The van der Waals surface area contributed by atoms with Crippen LogP contribution >= 0.6 is 11.8 Å². The highest BCUT2D eigenvalue weighted by Crippen LogP contribution is 2.28. The molecule has 2 heterocycles. The van der Waals surface area contributed by atoms with Crippen molar-refractivity contribution in [2.45, 2.75) is 43.3 Å². The summed E-state index contributed by atoms with van der Waals surface area (Å²) in [6.07, 6.45) is 6.54. The Kier molecular flexibility index (Phi) is 7.63. The molecule has 1 aliphatic rings. The fourth-order valence-electron chi connectivity index (χ4n) is 4.38. The van der Waals surface area contributed by atoms with E-state index in [2.05, 4.69) is 27.8 Å². The van der Waals surface area contributed by atoms with Crippen LogP contribution < -0.4 is 15.5 Å². The molecule has 0 radical (unpaired) electrons. The van der Waals surface area contributed by atoms with E-state index in [4.69, 9.17) is 15.2 Å². The highest BCUT2D eigenvalue weighted by molar-refractivity contribution is 7.98. The quantitative estimate of drug-likeness (QED) is 0.476. The molecule has 0 unspecified atom stereocenters. The Bertz CT molecular complexity index is 1130. The molecule has 33 heavy (non-hydrogen) atoms. The van der Waals surface area contributed by atoms with Gasteiger partial charge in [-0.25, -0.2) is 9.97 Å². The van der Waals surface area contributed by atoms with Crippen LogP contribution in [0.3, 0.4) is 0 Å². The third kappa shape index (κ3) is 5.73. The van der Waals surface area contributed by atoms with Crippen LogP contribution in [0, 0.1) is 17.2 Å². The Hall–Kier alpha value is -2.89. The summed E-state index contributed by atoms with van der Waals surface area (Å²) in [6.45, 7) is 1.72. The number of hydrogen-bond acceptors (Lipinski definition) is 8. The molecule has 172 valence electrons. The van der Waals surface area contributed by atoms with Gasteiger partial charge in [0.1, 0.15) is 16.9 Å². The van der Waals surface area contributed by atoms with Gasteiger partial charge in [0.05, 0.1) is 16.8 Å². The van der Waals surface area contributed by atoms with E-state index in [1.165, 1.54) is 24.6 Å². The number of benzene rings is 1. The van der Waals surface area contributed by atoms with Crippen molar-refractivity contribution in [3.05, 3.63) is 47.7 Å². The number of anilines is 2. The Balaban J connectivity index is 1.28. The summed E-state index contributed by atoms with van der Waals surface area (Å²) >= 11 is 1.52. The SMILES string of the molecule is CSc1nc(CNC[C@H]2CC[C@@H](Nc3nc(N(C)C)c4ccccc4n3)CC2)ccc1C#N. The number of nitrogens with zero attached hydrogens (tertiary/aromatic N) is 5. The van der Waals surface area contributed by atoms with Gasteiger partial charge in [0.25, 0.3) is 0 Å². The lowest BCUT2D eigenvalue weighted by Crippen LogP contribution is -2.31. The molecule has 0 spiro atoms. The minimum atomic E-state index is 0.404. The number of pyridine rings is 1. The number of nitriles is 1. The summed E-state index contributed by atoms with van der Waals surface area (Å²) in [6, 6.07) is 14.6. The van der Waals surface area contributed by atoms with E-state index in [9.17, 15) is 0 Å². The van der Waals surface area contributed by atoms with Crippen LogP contribution in [0.4, 0.5) is 11.8 Å². The van der Waals surface area contributed by atoms with E-state index in [1.54, 1.807) is 0 Å². The van der Waals surface area contributed by atoms with E-state index in [-0.39, 0.29) is 0 Å². The van der Waals surface area contributed by atoms with E-state index in [0.29, 0.717) is 17.5 Å². The molecule has 1 fully saturated rings. The molecule has 7 nitrogen and oxygen atoms in total. The molecular formula is C25H31N7S. The highest BCUT2D eigenvalue weighted by atomic mass is 32.2. The smallest absolute Gasteiger partial charge is 0.225 e. The average Bonchev–Trinajstić information content (AvgIpc) is 2.84. The van der Waals surface area contributed by atoms with Crippen LogP contribution in [0.5, 0.6) is 0 Å². The van der Waals surface area contributed by atoms with Crippen molar-refractivity contribution in [2.75, 3.05) is 37.1 Å². The Morgan fingerprint density at radius 3 is 2.58 bits per heavy atom. The molecule has 0 amide bonds. The van der Waals surface area contributed by atoms with E-state index >= 15 is 0 Å². The molecule has 3 aromatic rings. The summed E-state index contributed by atoms with van der Waals surface area (Å²) < 4.78 is 0. The molecule has 8 heteroatoms. The van der Waals surface area contributed by atoms with E-state index in [0.717, 1.165) is 59.3 Å². The Morgan fingerprint density at radius 1 is 1.06 bits per heavy atom. The van der Waals surface area contributed by atoms with Crippen molar-refractivity contribution >= 4 is 34.4 Å². The summed E-state index contributed by atoms with van der Waals surface area (Å²) in [5.74, 6) is 2.33. The third-order valence-electron chi connectivity index (χ3n) is 6.16. The molecular weight excluding hydrogens is 430 g/mol. The zero-order valence-electron chi connectivity index (χ0n) is 19.5. The number of hydrogen-bond donors (Lipinski definition) is 2. The normalized spacial score (nSPS) is 18.1. The summed E-state index contributed by atoms with van der Waals surface area (Å²) in [5.41, 5.74) is 2.60. The first kappa shape index (κ1) is 23.3. The summed E-state index contributed by atoms with van der Waals surface area (Å²) in [5, 5.41) is 18.2. The van der Waals surface area contributed by atoms with Gasteiger partial charge in [-0.2, -0.15) is 10.2 Å². The average molecular weight is 462 g/mol. The predicted molar refractivity (Wildman–Crippen MR) is 136 cm³/mol. The second-order valence-corrected chi connectivity index (χ2v) is 9.54. The second kappa shape index (κ2) is 10.8. The van der Waals surface area contributed by atoms with Gasteiger partial charge in [-0.05, 0) is 68.7 Å². The van der Waals surface area contributed by atoms with Crippen LogP contribution in [-0.4, -0.2) is 47.9 Å².